The van der Waals surface area contributed by atoms with E-state index in [-0.39, 0.29) is 58.6 Å². The number of halogens is 3. The monoisotopic (exact) mass is 614 g/mol. The Morgan fingerprint density at radius 3 is 2.44 bits per heavy atom. The first-order chi connectivity index (χ1) is 20.5. The highest BCUT2D eigenvalue weighted by Crippen LogP contribution is 2.47. The summed E-state index contributed by atoms with van der Waals surface area (Å²) in [4.78, 5) is 41.8. The molecule has 230 valence electrons. The van der Waals surface area contributed by atoms with Crippen LogP contribution in [0.5, 0.6) is 5.75 Å². The van der Waals surface area contributed by atoms with Crippen LogP contribution < -0.4 is 9.64 Å². The number of piperazine rings is 2. The molecule has 1 aromatic carbocycles. The van der Waals surface area contributed by atoms with Crippen LogP contribution in [0, 0.1) is 11.6 Å². The third-order valence-electron chi connectivity index (χ3n) is 9.31. The van der Waals surface area contributed by atoms with Crippen molar-refractivity contribution in [3.8, 4) is 17.0 Å². The number of anilines is 1. The van der Waals surface area contributed by atoms with Gasteiger partial charge in [-0.05, 0) is 45.5 Å². The van der Waals surface area contributed by atoms with E-state index in [1.807, 2.05) is 0 Å². The molecule has 1 unspecified atom stereocenters. The van der Waals surface area contributed by atoms with Crippen molar-refractivity contribution in [2.45, 2.75) is 37.9 Å². The summed E-state index contributed by atoms with van der Waals surface area (Å²) in [6.45, 7) is 13.1. The van der Waals surface area contributed by atoms with Gasteiger partial charge in [0.2, 0.25) is 5.91 Å². The second-order valence-electron chi connectivity index (χ2n) is 12.5. The maximum absolute atomic E-state index is 15.2. The van der Waals surface area contributed by atoms with E-state index in [0.717, 1.165) is 44.7 Å². The molecule has 12 heteroatoms. The van der Waals surface area contributed by atoms with Gasteiger partial charge < -0.3 is 24.3 Å². The molecule has 6 rings (SSSR count). The molecule has 0 spiro atoms. The molecular weight excluding hydrogens is 578 g/mol. The van der Waals surface area contributed by atoms with E-state index in [4.69, 9.17) is 21.3 Å². The quantitative estimate of drug-likeness (QED) is 0.488. The van der Waals surface area contributed by atoms with Crippen molar-refractivity contribution in [3.05, 3.63) is 53.1 Å². The topological polar surface area (TPSA) is 72.5 Å². The molecule has 2 aromatic rings. The second-order valence-corrected chi connectivity index (χ2v) is 12.8. The molecule has 4 aliphatic rings. The number of hydrogen-bond acceptors (Lipinski definition) is 7. The van der Waals surface area contributed by atoms with Crippen LogP contribution in [0.3, 0.4) is 0 Å². The van der Waals surface area contributed by atoms with Crippen LogP contribution in [-0.2, 0) is 4.79 Å². The van der Waals surface area contributed by atoms with E-state index < -0.39 is 23.2 Å². The van der Waals surface area contributed by atoms with Crippen molar-refractivity contribution in [1.29, 1.82) is 0 Å². The van der Waals surface area contributed by atoms with Gasteiger partial charge >= 0.3 is 0 Å². The van der Waals surface area contributed by atoms with Crippen LogP contribution in [0.15, 0.2) is 30.9 Å². The Balaban J connectivity index is 1.47. The van der Waals surface area contributed by atoms with Crippen molar-refractivity contribution in [1.82, 2.24) is 24.6 Å². The number of fused-ring (bicyclic) bond motifs is 2. The maximum Gasteiger partial charge on any atom is 0.261 e. The maximum atomic E-state index is 15.2. The molecule has 1 aromatic heterocycles. The third kappa shape index (κ3) is 5.25. The second kappa shape index (κ2) is 11.3. The fourth-order valence-electron chi connectivity index (χ4n) is 6.87. The lowest BCUT2D eigenvalue weighted by atomic mass is 9.98. The van der Waals surface area contributed by atoms with Gasteiger partial charge in [0.1, 0.15) is 40.3 Å². The lowest BCUT2D eigenvalue weighted by molar-refractivity contribution is -0.128. The van der Waals surface area contributed by atoms with Gasteiger partial charge in [0, 0.05) is 63.9 Å². The predicted octanol–water partition coefficient (Wildman–Crippen LogP) is 3.52. The van der Waals surface area contributed by atoms with Crippen LogP contribution >= 0.6 is 11.6 Å². The van der Waals surface area contributed by atoms with Crippen LogP contribution in [0.4, 0.5) is 14.6 Å². The van der Waals surface area contributed by atoms with Gasteiger partial charge in [-0.25, -0.2) is 13.8 Å². The van der Waals surface area contributed by atoms with Gasteiger partial charge in [0.25, 0.3) is 5.91 Å². The average Bonchev–Trinajstić information content (AvgIpc) is 3.22. The smallest absolute Gasteiger partial charge is 0.261 e. The van der Waals surface area contributed by atoms with E-state index in [0.29, 0.717) is 25.5 Å². The molecule has 4 aliphatic heterocycles. The van der Waals surface area contributed by atoms with Gasteiger partial charge in [0.15, 0.2) is 5.75 Å². The highest BCUT2D eigenvalue weighted by atomic mass is 35.5. The Bertz CT molecular complexity index is 1440. The van der Waals surface area contributed by atoms with E-state index in [9.17, 15) is 9.59 Å². The predicted molar refractivity (Wildman–Crippen MR) is 161 cm³/mol. The zero-order valence-electron chi connectivity index (χ0n) is 24.8. The minimum Gasteiger partial charge on any atom is -0.489 e. The van der Waals surface area contributed by atoms with Crippen molar-refractivity contribution in [2.75, 3.05) is 70.9 Å². The standard InChI is InChI=1S/C31H37ClF2N6O3/c1-5-23(41)38-13-14-39-20(16-38)18-43-28-25(30(39)42)29(35-27(26(28)32)24-21(33)7-6-8-22(24)34)40-17-19(15-31(40,2)3)37-11-9-36(4)10-12-37/h5-8,19-20H,1,9-18H2,2-4H3/t19?,20-/m1/s1. The van der Waals surface area contributed by atoms with E-state index in [2.05, 4.69) is 42.2 Å². The number of carbonyl (C=O) groups is 2. The fraction of sp³-hybridized carbons (Fsp3) is 0.516. The summed E-state index contributed by atoms with van der Waals surface area (Å²) in [5.74, 6) is -1.81. The Kier molecular flexibility index (Phi) is 7.85. The number of pyridine rings is 1. The van der Waals surface area contributed by atoms with E-state index in [1.165, 1.54) is 12.1 Å². The van der Waals surface area contributed by atoms with Crippen molar-refractivity contribution < 1.29 is 23.1 Å². The van der Waals surface area contributed by atoms with Crippen LogP contribution in [0.25, 0.3) is 11.3 Å². The van der Waals surface area contributed by atoms with Gasteiger partial charge in [-0.2, -0.15) is 0 Å². The fourth-order valence-corrected chi connectivity index (χ4v) is 7.16. The zero-order valence-corrected chi connectivity index (χ0v) is 25.5. The molecule has 0 aliphatic carbocycles. The summed E-state index contributed by atoms with van der Waals surface area (Å²) in [6, 6.07) is 3.35. The summed E-state index contributed by atoms with van der Waals surface area (Å²) < 4.78 is 36.6. The first-order valence-electron chi connectivity index (χ1n) is 14.7. The average molecular weight is 615 g/mol. The van der Waals surface area contributed by atoms with Gasteiger partial charge in [0.05, 0.1) is 11.6 Å². The van der Waals surface area contributed by atoms with Gasteiger partial charge in [-0.3, -0.25) is 14.5 Å². The summed E-state index contributed by atoms with van der Waals surface area (Å²) in [6.07, 6.45) is 2.07. The molecule has 3 fully saturated rings. The van der Waals surface area contributed by atoms with Crippen molar-refractivity contribution in [3.63, 3.8) is 0 Å². The normalized spacial score (nSPS) is 24.3. The van der Waals surface area contributed by atoms with Crippen LogP contribution in [0.1, 0.15) is 30.6 Å². The van der Waals surface area contributed by atoms with E-state index >= 15 is 8.78 Å². The SMILES string of the molecule is C=CC(=O)N1CCN2C(=O)c3c(N4CC(N5CCN(C)CC5)CC4(C)C)nc(-c4c(F)cccc4F)c(Cl)c3OC[C@H]2C1. The molecule has 0 bridgehead atoms. The number of carbonyl (C=O) groups excluding carboxylic acids is 2. The summed E-state index contributed by atoms with van der Waals surface area (Å²) in [5.41, 5.74) is -0.733. The molecule has 0 saturated carbocycles. The van der Waals surface area contributed by atoms with Gasteiger partial charge in [-0.1, -0.05) is 24.2 Å². The minimum absolute atomic E-state index is 0.0509. The molecule has 2 amide bonds. The number of aromatic nitrogens is 1. The Labute approximate surface area is 255 Å². The number of ether oxygens (including phenoxy) is 1. The van der Waals surface area contributed by atoms with E-state index in [1.54, 1.807) is 9.80 Å². The Hall–Kier alpha value is -3.28. The van der Waals surface area contributed by atoms with Crippen LogP contribution in [-0.4, -0.2) is 120 Å². The lowest BCUT2D eigenvalue weighted by Gasteiger charge is -2.40. The molecule has 9 nitrogen and oxygen atoms in total. The first-order valence-corrected chi connectivity index (χ1v) is 15.1. The highest BCUT2D eigenvalue weighted by molar-refractivity contribution is 6.35. The lowest BCUT2D eigenvalue weighted by Crippen LogP contribution is -2.57. The number of rotatable bonds is 4. The molecule has 5 heterocycles. The zero-order chi connectivity index (χ0) is 30.6. The summed E-state index contributed by atoms with van der Waals surface area (Å²) in [5, 5.41) is -0.123. The summed E-state index contributed by atoms with van der Waals surface area (Å²) in [7, 11) is 2.12. The molecule has 3 saturated heterocycles. The Morgan fingerprint density at radius 1 is 1.07 bits per heavy atom. The molecule has 43 heavy (non-hydrogen) atoms. The number of amides is 2. The summed E-state index contributed by atoms with van der Waals surface area (Å²) >= 11 is 6.86. The highest BCUT2D eigenvalue weighted by Gasteiger charge is 2.47. The number of likely N-dealkylation sites (N-methyl/N-ethyl adjacent to an activating group) is 1. The number of benzene rings is 1. The molecule has 0 radical (unpaired) electrons. The first kappa shape index (κ1) is 29.8. The third-order valence-corrected chi connectivity index (χ3v) is 9.66. The largest absolute Gasteiger partial charge is 0.489 e. The molecule has 2 atom stereocenters. The molecular formula is C31H37ClF2N6O3. The number of hydrogen-bond donors (Lipinski definition) is 0. The minimum atomic E-state index is -0.813. The van der Waals surface area contributed by atoms with Crippen molar-refractivity contribution in [2.24, 2.45) is 0 Å². The molecule has 0 N–H and O–H groups in total. The van der Waals surface area contributed by atoms with Crippen LogP contribution in [0.2, 0.25) is 5.02 Å². The van der Waals surface area contributed by atoms with Gasteiger partial charge in [-0.15, -0.1) is 0 Å². The number of nitrogens with zero attached hydrogens (tertiary/aromatic N) is 6. The van der Waals surface area contributed by atoms with Crippen molar-refractivity contribution >= 4 is 29.2 Å². The Morgan fingerprint density at radius 2 is 1.77 bits per heavy atom.